The largest absolute Gasteiger partial charge is 0.316 e. The number of nitrogens with one attached hydrogen (secondary N) is 1. The van der Waals surface area contributed by atoms with Crippen LogP contribution < -0.4 is 5.32 Å². The summed E-state index contributed by atoms with van der Waals surface area (Å²) in [7, 11) is 0. The Kier molecular flexibility index (Phi) is 4.14. The molecule has 0 saturated carbocycles. The van der Waals surface area contributed by atoms with Crippen LogP contribution >= 0.6 is 23.7 Å². The van der Waals surface area contributed by atoms with Gasteiger partial charge in [0.05, 0.1) is 0 Å². The van der Waals surface area contributed by atoms with Gasteiger partial charge in [-0.15, -0.1) is 23.7 Å². The van der Waals surface area contributed by atoms with Crippen molar-refractivity contribution in [2.45, 2.75) is 26.3 Å². The quantitative estimate of drug-likeness (QED) is 0.891. The first-order valence-corrected chi connectivity index (χ1v) is 7.12. The lowest BCUT2D eigenvalue weighted by atomic mass is 9.87. The van der Waals surface area contributed by atoms with Crippen LogP contribution in [-0.4, -0.2) is 31.1 Å². The maximum Gasteiger partial charge on any atom is 0.0330 e. The fraction of sp³-hybridized carbons (Fsp3) is 0.692. The molecule has 0 bridgehead atoms. The third-order valence-electron chi connectivity index (χ3n) is 4.18. The molecule has 17 heavy (non-hydrogen) atoms. The van der Waals surface area contributed by atoms with Crippen LogP contribution in [0.4, 0.5) is 0 Å². The van der Waals surface area contributed by atoms with Crippen LogP contribution in [0.2, 0.25) is 0 Å². The molecular formula is C13H21ClN2S. The molecular weight excluding hydrogens is 252 g/mol. The number of thiophene rings is 1. The summed E-state index contributed by atoms with van der Waals surface area (Å²) < 4.78 is 0. The van der Waals surface area contributed by atoms with Gasteiger partial charge in [-0.1, -0.05) is 0 Å². The third kappa shape index (κ3) is 2.68. The molecule has 2 nitrogen and oxygen atoms in total. The highest BCUT2D eigenvalue weighted by Crippen LogP contribution is 2.37. The topological polar surface area (TPSA) is 15.3 Å². The highest BCUT2D eigenvalue weighted by molar-refractivity contribution is 7.10. The molecule has 0 amide bonds. The summed E-state index contributed by atoms with van der Waals surface area (Å²) in [6.07, 6.45) is 2.78. The SMILES string of the molecule is Cc1ccsc1CN1CCC2(CCNC2)C1.Cl. The summed E-state index contributed by atoms with van der Waals surface area (Å²) in [6.45, 7) is 8.47. The summed E-state index contributed by atoms with van der Waals surface area (Å²) in [5.74, 6) is 0. The Bertz CT molecular complexity index is 371. The monoisotopic (exact) mass is 272 g/mol. The number of halogens is 1. The average Bonchev–Trinajstić information content (AvgIpc) is 2.96. The molecule has 0 aliphatic carbocycles. The average molecular weight is 273 g/mol. The summed E-state index contributed by atoms with van der Waals surface area (Å²) >= 11 is 1.91. The van der Waals surface area contributed by atoms with Gasteiger partial charge in [0.2, 0.25) is 0 Å². The molecule has 2 aliphatic heterocycles. The Morgan fingerprint density at radius 3 is 3.00 bits per heavy atom. The molecule has 1 atom stereocenters. The van der Waals surface area contributed by atoms with E-state index in [9.17, 15) is 0 Å². The Morgan fingerprint density at radius 1 is 1.47 bits per heavy atom. The van der Waals surface area contributed by atoms with E-state index in [0.717, 1.165) is 0 Å². The van der Waals surface area contributed by atoms with Gasteiger partial charge in [-0.3, -0.25) is 4.90 Å². The van der Waals surface area contributed by atoms with E-state index in [4.69, 9.17) is 0 Å². The molecule has 0 radical (unpaired) electrons. The molecule has 0 aromatic carbocycles. The molecule has 1 aromatic heterocycles. The molecule has 1 spiro atoms. The van der Waals surface area contributed by atoms with Gasteiger partial charge in [-0.25, -0.2) is 0 Å². The molecule has 3 rings (SSSR count). The van der Waals surface area contributed by atoms with Gasteiger partial charge in [-0.2, -0.15) is 0 Å². The van der Waals surface area contributed by atoms with Crippen molar-refractivity contribution in [1.29, 1.82) is 0 Å². The molecule has 1 unspecified atom stereocenters. The van der Waals surface area contributed by atoms with Gasteiger partial charge < -0.3 is 5.32 Å². The Morgan fingerprint density at radius 2 is 2.35 bits per heavy atom. The highest BCUT2D eigenvalue weighted by Gasteiger charge is 2.40. The zero-order valence-corrected chi connectivity index (χ0v) is 12.0. The number of hydrogen-bond acceptors (Lipinski definition) is 3. The van der Waals surface area contributed by atoms with E-state index < -0.39 is 0 Å². The second-order valence-electron chi connectivity index (χ2n) is 5.41. The maximum absolute atomic E-state index is 3.52. The number of hydrogen-bond donors (Lipinski definition) is 1. The predicted octanol–water partition coefficient (Wildman–Crippen LogP) is 2.66. The van der Waals surface area contributed by atoms with Crippen LogP contribution in [0.5, 0.6) is 0 Å². The third-order valence-corrected chi connectivity index (χ3v) is 5.19. The second-order valence-corrected chi connectivity index (χ2v) is 6.41. The Hall–Kier alpha value is -0.0900. The first-order chi connectivity index (χ1) is 7.77. The minimum Gasteiger partial charge on any atom is -0.316 e. The van der Waals surface area contributed by atoms with Crippen LogP contribution in [0.15, 0.2) is 11.4 Å². The zero-order valence-electron chi connectivity index (χ0n) is 10.4. The zero-order chi connectivity index (χ0) is 11.0. The molecule has 1 aromatic rings. The predicted molar refractivity (Wildman–Crippen MR) is 76.1 cm³/mol. The summed E-state index contributed by atoms with van der Waals surface area (Å²) in [5, 5.41) is 5.74. The van der Waals surface area contributed by atoms with Crippen LogP contribution in [0.1, 0.15) is 23.3 Å². The van der Waals surface area contributed by atoms with Crippen molar-refractivity contribution >= 4 is 23.7 Å². The van der Waals surface area contributed by atoms with Crippen LogP contribution in [0.3, 0.4) is 0 Å². The van der Waals surface area contributed by atoms with Crippen molar-refractivity contribution in [3.63, 3.8) is 0 Å². The Balaban J connectivity index is 0.00000108. The van der Waals surface area contributed by atoms with E-state index in [0.29, 0.717) is 5.41 Å². The summed E-state index contributed by atoms with van der Waals surface area (Å²) in [4.78, 5) is 4.20. The van der Waals surface area contributed by atoms with E-state index in [2.05, 4.69) is 28.6 Å². The standard InChI is InChI=1S/C13H20N2S.ClH/c1-11-2-7-16-12(11)8-15-6-4-13(10-15)3-5-14-9-13;/h2,7,14H,3-6,8-10H2,1H3;1H. The van der Waals surface area contributed by atoms with Gasteiger partial charge >= 0.3 is 0 Å². The Labute approximate surface area is 114 Å². The van der Waals surface area contributed by atoms with Crippen molar-refractivity contribution in [1.82, 2.24) is 10.2 Å². The van der Waals surface area contributed by atoms with Gasteiger partial charge in [0.1, 0.15) is 0 Å². The minimum absolute atomic E-state index is 0. The number of aryl methyl sites for hydroxylation is 1. The van der Waals surface area contributed by atoms with Crippen molar-refractivity contribution in [3.8, 4) is 0 Å². The molecule has 3 heterocycles. The fourth-order valence-corrected chi connectivity index (χ4v) is 4.02. The lowest BCUT2D eigenvalue weighted by Crippen LogP contribution is -2.28. The molecule has 2 saturated heterocycles. The lowest BCUT2D eigenvalue weighted by Gasteiger charge is -2.22. The number of rotatable bonds is 2. The number of likely N-dealkylation sites (tertiary alicyclic amines) is 1. The van der Waals surface area contributed by atoms with E-state index in [-0.39, 0.29) is 12.4 Å². The lowest BCUT2D eigenvalue weighted by molar-refractivity contribution is 0.270. The fourth-order valence-electron chi connectivity index (χ4n) is 3.08. The minimum atomic E-state index is 0. The molecule has 4 heteroatoms. The maximum atomic E-state index is 3.52. The van der Waals surface area contributed by atoms with E-state index in [1.54, 1.807) is 4.88 Å². The highest BCUT2D eigenvalue weighted by atomic mass is 35.5. The number of nitrogens with zero attached hydrogens (tertiary/aromatic N) is 1. The first-order valence-electron chi connectivity index (χ1n) is 6.24. The normalized spacial score (nSPS) is 28.8. The van der Waals surface area contributed by atoms with E-state index in [1.807, 2.05) is 11.3 Å². The van der Waals surface area contributed by atoms with Crippen LogP contribution in [0.25, 0.3) is 0 Å². The van der Waals surface area contributed by atoms with Crippen LogP contribution in [0, 0.1) is 12.3 Å². The molecule has 2 aliphatic rings. The smallest absolute Gasteiger partial charge is 0.0330 e. The van der Waals surface area contributed by atoms with Crippen molar-refractivity contribution < 1.29 is 0 Å². The van der Waals surface area contributed by atoms with Crippen molar-refractivity contribution in [2.24, 2.45) is 5.41 Å². The van der Waals surface area contributed by atoms with Crippen molar-refractivity contribution in [3.05, 3.63) is 21.9 Å². The van der Waals surface area contributed by atoms with Gasteiger partial charge in [0, 0.05) is 24.5 Å². The summed E-state index contributed by atoms with van der Waals surface area (Å²) in [5.41, 5.74) is 2.08. The second kappa shape index (κ2) is 5.27. The van der Waals surface area contributed by atoms with Gasteiger partial charge in [-0.05, 0) is 55.3 Å². The van der Waals surface area contributed by atoms with Crippen molar-refractivity contribution in [2.75, 3.05) is 26.2 Å². The van der Waals surface area contributed by atoms with Gasteiger partial charge in [0.25, 0.3) is 0 Å². The van der Waals surface area contributed by atoms with Gasteiger partial charge in [0.15, 0.2) is 0 Å². The van der Waals surface area contributed by atoms with E-state index in [1.165, 1.54) is 51.1 Å². The molecule has 2 fully saturated rings. The first kappa shape index (κ1) is 13.3. The molecule has 96 valence electrons. The van der Waals surface area contributed by atoms with Crippen LogP contribution in [-0.2, 0) is 6.54 Å². The van der Waals surface area contributed by atoms with E-state index >= 15 is 0 Å². The molecule has 1 N–H and O–H groups in total. The summed E-state index contributed by atoms with van der Waals surface area (Å²) in [6, 6.07) is 2.24.